The molecule has 2 N–H and O–H groups in total. The van der Waals surface area contributed by atoms with E-state index in [2.05, 4.69) is 5.10 Å². The van der Waals surface area contributed by atoms with E-state index < -0.39 is 16.9 Å². The molecular weight excluding hydrogens is 362 g/mol. The molecule has 0 radical (unpaired) electrons. The quantitative estimate of drug-likeness (QED) is 0.639. The van der Waals surface area contributed by atoms with Gasteiger partial charge in [0.1, 0.15) is 11.8 Å². The SMILES string of the molecule is NC(=O)C1CC(C(=O)N2CCc3ccc([N+](=O)[O-])cc32)=NN1c1ccccc1. The predicted octanol–water partition coefficient (Wildman–Crippen LogP) is 1.60. The van der Waals surface area contributed by atoms with Crippen LogP contribution >= 0.6 is 0 Å². The van der Waals surface area contributed by atoms with Crippen LogP contribution in [-0.2, 0) is 16.0 Å². The maximum absolute atomic E-state index is 13.1. The highest BCUT2D eigenvalue weighted by Crippen LogP contribution is 2.33. The van der Waals surface area contributed by atoms with Gasteiger partial charge in [0, 0.05) is 25.1 Å². The maximum Gasteiger partial charge on any atom is 0.274 e. The Morgan fingerprint density at radius 3 is 2.61 bits per heavy atom. The van der Waals surface area contributed by atoms with E-state index in [1.807, 2.05) is 6.07 Å². The van der Waals surface area contributed by atoms with Gasteiger partial charge in [0.05, 0.1) is 16.3 Å². The van der Waals surface area contributed by atoms with Crippen LogP contribution in [0, 0.1) is 10.1 Å². The average molecular weight is 379 g/mol. The van der Waals surface area contributed by atoms with Gasteiger partial charge in [-0.1, -0.05) is 24.3 Å². The largest absolute Gasteiger partial charge is 0.368 e. The third-order valence-corrected chi connectivity index (χ3v) is 4.93. The lowest BCUT2D eigenvalue weighted by atomic mass is 10.1. The van der Waals surface area contributed by atoms with Gasteiger partial charge in [-0.25, -0.2) is 0 Å². The van der Waals surface area contributed by atoms with E-state index in [0.29, 0.717) is 24.3 Å². The van der Waals surface area contributed by atoms with Crippen LogP contribution in [0.5, 0.6) is 0 Å². The van der Waals surface area contributed by atoms with Crippen LogP contribution < -0.4 is 15.6 Å². The highest BCUT2D eigenvalue weighted by Gasteiger charge is 2.38. The third-order valence-electron chi connectivity index (χ3n) is 4.93. The van der Waals surface area contributed by atoms with Crippen LogP contribution in [0.15, 0.2) is 53.6 Å². The zero-order valence-corrected chi connectivity index (χ0v) is 14.8. The Labute approximate surface area is 160 Å². The number of carbonyl (C=O) groups excluding carboxylic acids is 2. The summed E-state index contributed by atoms with van der Waals surface area (Å²) in [6.07, 6.45) is 0.692. The van der Waals surface area contributed by atoms with Crippen molar-refractivity contribution in [1.29, 1.82) is 0 Å². The monoisotopic (exact) mass is 379 g/mol. The molecule has 2 heterocycles. The number of hydrazone groups is 1. The molecule has 0 bridgehead atoms. The number of para-hydroxylation sites is 1. The summed E-state index contributed by atoms with van der Waals surface area (Å²) in [7, 11) is 0. The smallest absolute Gasteiger partial charge is 0.274 e. The Hall–Kier alpha value is -3.75. The molecule has 4 rings (SSSR count). The summed E-state index contributed by atoms with van der Waals surface area (Å²) < 4.78 is 0. The van der Waals surface area contributed by atoms with Crippen molar-refractivity contribution in [2.24, 2.45) is 10.8 Å². The van der Waals surface area contributed by atoms with Crippen molar-refractivity contribution in [3.8, 4) is 0 Å². The number of anilines is 2. The molecule has 28 heavy (non-hydrogen) atoms. The van der Waals surface area contributed by atoms with Gasteiger partial charge in [0.25, 0.3) is 11.6 Å². The number of nitrogens with two attached hydrogens (primary N) is 1. The highest BCUT2D eigenvalue weighted by molar-refractivity contribution is 6.45. The Morgan fingerprint density at radius 2 is 1.93 bits per heavy atom. The number of hydrogen-bond donors (Lipinski definition) is 1. The van der Waals surface area contributed by atoms with Crippen molar-refractivity contribution in [1.82, 2.24) is 0 Å². The van der Waals surface area contributed by atoms with E-state index >= 15 is 0 Å². The maximum atomic E-state index is 13.1. The summed E-state index contributed by atoms with van der Waals surface area (Å²) >= 11 is 0. The van der Waals surface area contributed by atoms with Crippen molar-refractivity contribution in [2.75, 3.05) is 16.5 Å². The van der Waals surface area contributed by atoms with Gasteiger partial charge < -0.3 is 10.6 Å². The summed E-state index contributed by atoms with van der Waals surface area (Å²) in [5.74, 6) is -0.947. The summed E-state index contributed by atoms with van der Waals surface area (Å²) in [5.41, 5.74) is 7.68. The highest BCUT2D eigenvalue weighted by atomic mass is 16.6. The summed E-state index contributed by atoms with van der Waals surface area (Å²) in [5, 5.41) is 16.9. The first-order chi connectivity index (χ1) is 13.5. The summed E-state index contributed by atoms with van der Waals surface area (Å²) in [6, 6.07) is 12.7. The number of carbonyl (C=O) groups is 2. The third kappa shape index (κ3) is 2.96. The number of non-ortho nitro benzene ring substituents is 1. The molecule has 2 aromatic carbocycles. The van der Waals surface area contributed by atoms with Crippen molar-refractivity contribution in [3.63, 3.8) is 0 Å². The molecule has 9 nitrogen and oxygen atoms in total. The summed E-state index contributed by atoms with van der Waals surface area (Å²) in [4.78, 5) is 37.0. The Balaban J connectivity index is 1.65. The molecule has 0 saturated heterocycles. The van der Waals surface area contributed by atoms with Crippen molar-refractivity contribution >= 4 is 34.6 Å². The molecule has 1 atom stereocenters. The fraction of sp³-hybridized carbons (Fsp3) is 0.211. The molecule has 9 heteroatoms. The van der Waals surface area contributed by atoms with Crippen LogP contribution in [0.4, 0.5) is 17.1 Å². The lowest BCUT2D eigenvalue weighted by Crippen LogP contribution is -2.40. The first kappa shape index (κ1) is 17.7. The molecule has 2 aromatic rings. The van der Waals surface area contributed by atoms with Crippen molar-refractivity contribution < 1.29 is 14.5 Å². The average Bonchev–Trinajstić information content (AvgIpc) is 3.32. The van der Waals surface area contributed by atoms with Gasteiger partial charge in [-0.15, -0.1) is 0 Å². The number of benzene rings is 2. The molecule has 2 amide bonds. The number of hydrogen-bond acceptors (Lipinski definition) is 6. The Bertz CT molecular complexity index is 1000. The van der Waals surface area contributed by atoms with Gasteiger partial charge in [-0.3, -0.25) is 24.7 Å². The van der Waals surface area contributed by atoms with E-state index in [4.69, 9.17) is 5.73 Å². The van der Waals surface area contributed by atoms with E-state index in [1.54, 1.807) is 30.3 Å². The molecule has 1 unspecified atom stereocenters. The Morgan fingerprint density at radius 1 is 1.18 bits per heavy atom. The second-order valence-electron chi connectivity index (χ2n) is 6.63. The minimum Gasteiger partial charge on any atom is -0.368 e. The first-order valence-electron chi connectivity index (χ1n) is 8.76. The fourth-order valence-electron chi connectivity index (χ4n) is 3.53. The molecular formula is C19H17N5O4. The van der Waals surface area contributed by atoms with Gasteiger partial charge in [0.2, 0.25) is 5.91 Å². The van der Waals surface area contributed by atoms with Crippen molar-refractivity contribution in [3.05, 3.63) is 64.2 Å². The minimum atomic E-state index is -0.756. The molecule has 2 aliphatic rings. The minimum absolute atomic E-state index is 0.0762. The number of nitro groups is 1. The Kier molecular flexibility index (Phi) is 4.26. The zero-order chi connectivity index (χ0) is 19.8. The van der Waals surface area contributed by atoms with E-state index in [0.717, 1.165) is 5.56 Å². The normalized spacial score (nSPS) is 18.0. The van der Waals surface area contributed by atoms with Crippen LogP contribution in [0.2, 0.25) is 0 Å². The number of nitro benzene ring substituents is 1. The lowest BCUT2D eigenvalue weighted by Gasteiger charge is -2.20. The van der Waals surface area contributed by atoms with Crippen LogP contribution in [-0.4, -0.2) is 35.0 Å². The van der Waals surface area contributed by atoms with Gasteiger partial charge in [0.15, 0.2) is 0 Å². The molecule has 0 fully saturated rings. The molecule has 0 saturated carbocycles. The van der Waals surface area contributed by atoms with Gasteiger partial charge in [-0.05, 0) is 24.1 Å². The standard InChI is InChI=1S/C19H17N5O4/c20-18(25)17-11-15(21-23(17)13-4-2-1-3-5-13)19(26)22-9-8-12-6-7-14(24(27)28)10-16(12)22/h1-7,10,17H,8-9,11H2,(H2,20,25). The zero-order valence-electron chi connectivity index (χ0n) is 14.8. The fourth-order valence-corrected chi connectivity index (χ4v) is 3.53. The molecule has 2 aliphatic heterocycles. The molecule has 142 valence electrons. The van der Waals surface area contributed by atoms with E-state index in [9.17, 15) is 19.7 Å². The second kappa shape index (κ2) is 6.76. The summed E-state index contributed by atoms with van der Waals surface area (Å²) in [6.45, 7) is 0.404. The number of primary amides is 1. The van der Waals surface area contributed by atoms with E-state index in [1.165, 1.54) is 22.0 Å². The molecule has 0 spiro atoms. The van der Waals surface area contributed by atoms with E-state index in [-0.39, 0.29) is 23.7 Å². The number of amides is 2. The van der Waals surface area contributed by atoms with Crippen molar-refractivity contribution in [2.45, 2.75) is 18.9 Å². The second-order valence-corrected chi connectivity index (χ2v) is 6.63. The first-order valence-corrected chi connectivity index (χ1v) is 8.76. The molecule has 0 aliphatic carbocycles. The molecule has 0 aromatic heterocycles. The topological polar surface area (TPSA) is 122 Å². The number of fused-ring (bicyclic) bond motifs is 1. The van der Waals surface area contributed by atoms with Crippen LogP contribution in [0.25, 0.3) is 0 Å². The van der Waals surface area contributed by atoms with Crippen LogP contribution in [0.3, 0.4) is 0 Å². The lowest BCUT2D eigenvalue weighted by molar-refractivity contribution is -0.384. The van der Waals surface area contributed by atoms with Crippen LogP contribution in [0.1, 0.15) is 12.0 Å². The number of rotatable bonds is 4. The number of nitrogens with zero attached hydrogens (tertiary/aromatic N) is 4. The van der Waals surface area contributed by atoms with Gasteiger partial charge in [-0.2, -0.15) is 5.10 Å². The van der Waals surface area contributed by atoms with Gasteiger partial charge >= 0.3 is 0 Å². The predicted molar refractivity (Wildman–Crippen MR) is 103 cm³/mol.